The Morgan fingerprint density at radius 1 is 1.42 bits per heavy atom. The van der Waals surface area contributed by atoms with Gasteiger partial charge in [0.05, 0.1) is 10.7 Å². The summed E-state index contributed by atoms with van der Waals surface area (Å²) in [6, 6.07) is 8.29. The quantitative estimate of drug-likeness (QED) is 0.851. The summed E-state index contributed by atoms with van der Waals surface area (Å²) in [6.45, 7) is 3.91. The lowest BCUT2D eigenvalue weighted by atomic mass is 10.1. The summed E-state index contributed by atoms with van der Waals surface area (Å²) in [5, 5.41) is 6.74. The zero-order valence-electron chi connectivity index (χ0n) is 11.1. The summed E-state index contributed by atoms with van der Waals surface area (Å²) in [6.07, 6.45) is 2.28. The Kier molecular flexibility index (Phi) is 3.80. The van der Waals surface area contributed by atoms with Gasteiger partial charge in [-0.3, -0.25) is 0 Å². The second kappa shape index (κ2) is 5.72. The van der Waals surface area contributed by atoms with Gasteiger partial charge in [0.15, 0.2) is 0 Å². The highest BCUT2D eigenvalue weighted by atomic mass is 32.1. The van der Waals surface area contributed by atoms with Crippen molar-refractivity contribution in [3.8, 4) is 5.75 Å². The van der Waals surface area contributed by atoms with Crippen LogP contribution in [-0.4, -0.2) is 24.2 Å². The maximum Gasteiger partial charge on any atom is 0.123 e. The van der Waals surface area contributed by atoms with Gasteiger partial charge in [0, 0.05) is 31.3 Å². The molecule has 0 amide bonds. The van der Waals surface area contributed by atoms with Crippen LogP contribution in [0.1, 0.15) is 16.3 Å². The first kappa shape index (κ1) is 12.6. The number of thiazole rings is 1. The number of benzene rings is 1. The molecule has 0 radical (unpaired) electrons. The minimum atomic E-state index is 0.273. The SMILES string of the molecule is Cc1nc(CCNCC2Cc3ccccc3O2)cs1. The summed E-state index contributed by atoms with van der Waals surface area (Å²) in [7, 11) is 0. The van der Waals surface area contributed by atoms with Crippen molar-refractivity contribution in [3.05, 3.63) is 45.9 Å². The molecule has 1 aromatic heterocycles. The van der Waals surface area contributed by atoms with Crippen LogP contribution in [0.15, 0.2) is 29.6 Å². The highest BCUT2D eigenvalue weighted by molar-refractivity contribution is 7.09. The number of hydrogen-bond acceptors (Lipinski definition) is 4. The lowest BCUT2D eigenvalue weighted by Crippen LogP contribution is -2.31. The van der Waals surface area contributed by atoms with Crippen molar-refractivity contribution in [2.24, 2.45) is 0 Å². The molecule has 4 heteroatoms. The van der Waals surface area contributed by atoms with Gasteiger partial charge >= 0.3 is 0 Å². The third-order valence-corrected chi connectivity index (χ3v) is 4.13. The van der Waals surface area contributed by atoms with Crippen LogP contribution in [0.5, 0.6) is 5.75 Å². The lowest BCUT2D eigenvalue weighted by Gasteiger charge is -2.11. The van der Waals surface area contributed by atoms with Gasteiger partial charge in [0.1, 0.15) is 11.9 Å². The van der Waals surface area contributed by atoms with Crippen LogP contribution >= 0.6 is 11.3 Å². The first-order valence-corrected chi connectivity index (χ1v) is 7.55. The molecule has 0 fully saturated rings. The summed E-state index contributed by atoms with van der Waals surface area (Å²) in [5.41, 5.74) is 2.51. The minimum Gasteiger partial charge on any atom is -0.488 e. The molecule has 0 bridgehead atoms. The van der Waals surface area contributed by atoms with Crippen LogP contribution < -0.4 is 10.1 Å². The molecule has 0 saturated carbocycles. The molecule has 1 aliphatic heterocycles. The predicted molar refractivity (Wildman–Crippen MR) is 78.0 cm³/mol. The third-order valence-electron chi connectivity index (χ3n) is 3.31. The fourth-order valence-electron chi connectivity index (χ4n) is 2.37. The monoisotopic (exact) mass is 274 g/mol. The molecule has 1 aliphatic rings. The molecule has 2 aromatic rings. The highest BCUT2D eigenvalue weighted by Gasteiger charge is 2.21. The molecule has 3 nitrogen and oxygen atoms in total. The fourth-order valence-corrected chi connectivity index (χ4v) is 3.02. The Morgan fingerprint density at radius 2 is 2.32 bits per heavy atom. The number of ether oxygens (including phenoxy) is 1. The Morgan fingerprint density at radius 3 is 3.11 bits per heavy atom. The molecule has 0 spiro atoms. The van der Waals surface area contributed by atoms with Crippen molar-refractivity contribution < 1.29 is 4.74 Å². The molecule has 19 heavy (non-hydrogen) atoms. The largest absolute Gasteiger partial charge is 0.488 e. The van der Waals surface area contributed by atoms with Crippen LogP contribution in [-0.2, 0) is 12.8 Å². The number of para-hydroxylation sites is 1. The molecule has 2 heterocycles. The number of nitrogens with one attached hydrogen (secondary N) is 1. The van der Waals surface area contributed by atoms with Crippen LogP contribution in [0.3, 0.4) is 0 Å². The van der Waals surface area contributed by atoms with Crippen molar-refractivity contribution in [2.75, 3.05) is 13.1 Å². The normalized spacial score (nSPS) is 17.2. The van der Waals surface area contributed by atoms with E-state index in [1.165, 1.54) is 11.3 Å². The van der Waals surface area contributed by atoms with Gasteiger partial charge in [-0.1, -0.05) is 18.2 Å². The number of aromatic nitrogens is 1. The van der Waals surface area contributed by atoms with Gasteiger partial charge in [0.2, 0.25) is 0 Å². The van der Waals surface area contributed by atoms with Crippen LogP contribution in [0.2, 0.25) is 0 Å². The van der Waals surface area contributed by atoms with E-state index in [9.17, 15) is 0 Å². The first-order chi connectivity index (χ1) is 9.31. The number of aryl methyl sites for hydroxylation is 1. The smallest absolute Gasteiger partial charge is 0.123 e. The van der Waals surface area contributed by atoms with Crippen molar-refractivity contribution in [1.82, 2.24) is 10.3 Å². The molecule has 1 aromatic carbocycles. The minimum absolute atomic E-state index is 0.273. The Balaban J connectivity index is 1.40. The number of rotatable bonds is 5. The Bertz CT molecular complexity index is 528. The summed E-state index contributed by atoms with van der Waals surface area (Å²) < 4.78 is 5.89. The van der Waals surface area contributed by atoms with Crippen molar-refractivity contribution in [1.29, 1.82) is 0 Å². The van der Waals surface area contributed by atoms with Crippen LogP contribution in [0.4, 0.5) is 0 Å². The Hall–Kier alpha value is -1.39. The third kappa shape index (κ3) is 3.14. The first-order valence-electron chi connectivity index (χ1n) is 6.67. The average molecular weight is 274 g/mol. The van der Waals surface area contributed by atoms with Crippen molar-refractivity contribution >= 4 is 11.3 Å². The summed E-state index contributed by atoms with van der Waals surface area (Å²) >= 11 is 1.72. The number of hydrogen-bond donors (Lipinski definition) is 1. The van der Waals surface area contributed by atoms with E-state index in [-0.39, 0.29) is 6.10 Å². The second-order valence-corrected chi connectivity index (χ2v) is 5.93. The molecule has 3 rings (SSSR count). The molecular formula is C15H18N2OS. The molecule has 1 N–H and O–H groups in total. The maximum atomic E-state index is 5.89. The van der Waals surface area contributed by atoms with Crippen LogP contribution in [0, 0.1) is 6.92 Å². The van der Waals surface area contributed by atoms with E-state index in [1.54, 1.807) is 11.3 Å². The highest BCUT2D eigenvalue weighted by Crippen LogP contribution is 2.27. The van der Waals surface area contributed by atoms with E-state index in [0.29, 0.717) is 0 Å². The molecule has 1 unspecified atom stereocenters. The van der Waals surface area contributed by atoms with Crippen molar-refractivity contribution in [2.45, 2.75) is 25.9 Å². The average Bonchev–Trinajstić information content (AvgIpc) is 3.00. The topological polar surface area (TPSA) is 34.2 Å². The fraction of sp³-hybridized carbons (Fsp3) is 0.400. The molecule has 1 atom stereocenters. The van der Waals surface area contributed by atoms with Gasteiger partial charge < -0.3 is 10.1 Å². The van der Waals surface area contributed by atoms with E-state index in [1.807, 2.05) is 19.1 Å². The van der Waals surface area contributed by atoms with E-state index < -0.39 is 0 Å². The molecule has 0 aliphatic carbocycles. The van der Waals surface area contributed by atoms with E-state index in [4.69, 9.17) is 4.74 Å². The molecule has 100 valence electrons. The van der Waals surface area contributed by atoms with Crippen molar-refractivity contribution in [3.63, 3.8) is 0 Å². The van der Waals surface area contributed by atoms with E-state index in [0.717, 1.165) is 36.7 Å². The van der Waals surface area contributed by atoms with Gasteiger partial charge in [-0.2, -0.15) is 0 Å². The van der Waals surface area contributed by atoms with Crippen LogP contribution in [0.25, 0.3) is 0 Å². The predicted octanol–water partition coefficient (Wildman–Crippen LogP) is 2.59. The Labute approximate surface area is 117 Å². The van der Waals surface area contributed by atoms with E-state index >= 15 is 0 Å². The number of nitrogens with zero attached hydrogens (tertiary/aromatic N) is 1. The van der Waals surface area contributed by atoms with Gasteiger partial charge in [0.25, 0.3) is 0 Å². The second-order valence-electron chi connectivity index (χ2n) is 4.86. The zero-order chi connectivity index (χ0) is 13.1. The lowest BCUT2D eigenvalue weighted by molar-refractivity contribution is 0.228. The van der Waals surface area contributed by atoms with E-state index in [2.05, 4.69) is 27.8 Å². The van der Waals surface area contributed by atoms with Gasteiger partial charge in [-0.05, 0) is 18.6 Å². The number of fused-ring (bicyclic) bond motifs is 1. The maximum absolute atomic E-state index is 5.89. The molecule has 0 saturated heterocycles. The van der Waals surface area contributed by atoms with Gasteiger partial charge in [-0.15, -0.1) is 11.3 Å². The summed E-state index contributed by atoms with van der Waals surface area (Å²) in [5.74, 6) is 1.05. The molecular weight excluding hydrogens is 256 g/mol. The standard InChI is InChI=1S/C15H18N2OS/c1-11-17-13(10-19-11)6-7-16-9-14-8-12-4-2-3-5-15(12)18-14/h2-5,10,14,16H,6-9H2,1H3. The summed E-state index contributed by atoms with van der Waals surface area (Å²) in [4.78, 5) is 4.46. The zero-order valence-corrected chi connectivity index (χ0v) is 11.9. The van der Waals surface area contributed by atoms with Gasteiger partial charge in [-0.25, -0.2) is 4.98 Å².